The van der Waals surface area contributed by atoms with Crippen LogP contribution in [0.15, 0.2) is 48.5 Å². The Hall–Kier alpha value is -3.17. The summed E-state index contributed by atoms with van der Waals surface area (Å²) < 4.78 is 5.00. The molecule has 144 valence electrons. The highest BCUT2D eigenvalue weighted by molar-refractivity contribution is 5.67. The number of hydrogen-bond donors (Lipinski definition) is 4. The average molecular weight is 375 g/mol. The number of aliphatic hydroxyl groups is 2. The molecule has 2 aromatic rings. The molecule has 9 nitrogen and oxygen atoms in total. The number of rotatable bonds is 8. The van der Waals surface area contributed by atoms with Crippen molar-refractivity contribution in [1.29, 1.82) is 0 Å². The maximum absolute atomic E-state index is 11.7. The number of nitrogens with zero attached hydrogens (tertiary/aromatic N) is 1. The second kappa shape index (κ2) is 9.51. The Morgan fingerprint density at radius 2 is 1.93 bits per heavy atom. The summed E-state index contributed by atoms with van der Waals surface area (Å²) in [5, 5.41) is 36.4. The van der Waals surface area contributed by atoms with E-state index in [0.717, 1.165) is 5.56 Å². The highest BCUT2D eigenvalue weighted by atomic mass is 16.6. The first-order chi connectivity index (χ1) is 12.9. The fourth-order valence-electron chi connectivity index (χ4n) is 2.39. The Morgan fingerprint density at radius 3 is 2.56 bits per heavy atom. The van der Waals surface area contributed by atoms with Crippen LogP contribution in [0, 0.1) is 10.1 Å². The molecule has 0 radical (unpaired) electrons. The van der Waals surface area contributed by atoms with Crippen molar-refractivity contribution in [2.45, 2.75) is 18.8 Å². The second-order valence-electron chi connectivity index (χ2n) is 5.74. The lowest BCUT2D eigenvalue weighted by molar-refractivity contribution is -0.384. The van der Waals surface area contributed by atoms with E-state index in [4.69, 9.17) is 4.74 Å². The number of carbonyl (C=O) groups excluding carboxylic acids is 1. The molecule has 2 aromatic carbocycles. The van der Waals surface area contributed by atoms with Crippen LogP contribution in [0.2, 0.25) is 0 Å². The summed E-state index contributed by atoms with van der Waals surface area (Å²) in [6.45, 7) is -0.209. The Kier molecular flexibility index (Phi) is 7.09. The van der Waals surface area contributed by atoms with Crippen molar-refractivity contribution in [3.63, 3.8) is 0 Å². The summed E-state index contributed by atoms with van der Waals surface area (Å²) in [5.41, 5.74) is 1.03. The summed E-state index contributed by atoms with van der Waals surface area (Å²) in [6.07, 6.45) is -3.53. The van der Waals surface area contributed by atoms with Crippen molar-refractivity contribution in [2.75, 3.05) is 18.9 Å². The predicted octanol–water partition coefficient (Wildman–Crippen LogP) is 1.96. The molecule has 1 amide bonds. The average Bonchev–Trinajstić information content (AvgIpc) is 2.70. The van der Waals surface area contributed by atoms with E-state index in [1.807, 2.05) is 18.2 Å². The van der Waals surface area contributed by atoms with E-state index in [9.17, 15) is 25.1 Å². The maximum atomic E-state index is 11.7. The first-order valence-electron chi connectivity index (χ1n) is 8.19. The van der Waals surface area contributed by atoms with Gasteiger partial charge in [-0.05, 0) is 17.2 Å². The predicted molar refractivity (Wildman–Crippen MR) is 98.2 cm³/mol. The summed E-state index contributed by atoms with van der Waals surface area (Å²) in [6, 6.07) is 13.1. The van der Waals surface area contributed by atoms with Crippen molar-refractivity contribution >= 4 is 17.5 Å². The van der Waals surface area contributed by atoms with Crippen LogP contribution in [0.1, 0.15) is 17.2 Å². The number of nitro groups is 1. The smallest absolute Gasteiger partial charge is 0.407 e. The SMILES string of the molecule is CNc1ccc(C(O)C(O)CNC(=O)OCc2ccccc2)cc1[N+](=O)[O-]. The minimum atomic E-state index is -1.41. The van der Waals surface area contributed by atoms with Crippen molar-refractivity contribution in [1.82, 2.24) is 5.32 Å². The number of benzene rings is 2. The molecule has 0 aliphatic rings. The first kappa shape index (κ1) is 20.1. The van der Waals surface area contributed by atoms with Gasteiger partial charge in [-0.3, -0.25) is 10.1 Å². The number of nitrogens with one attached hydrogen (secondary N) is 2. The number of amides is 1. The van der Waals surface area contributed by atoms with Crippen LogP contribution in [-0.2, 0) is 11.3 Å². The van der Waals surface area contributed by atoms with Gasteiger partial charge in [-0.15, -0.1) is 0 Å². The molecule has 27 heavy (non-hydrogen) atoms. The van der Waals surface area contributed by atoms with Crippen molar-refractivity contribution in [2.24, 2.45) is 0 Å². The van der Waals surface area contributed by atoms with Crippen LogP contribution < -0.4 is 10.6 Å². The van der Waals surface area contributed by atoms with E-state index in [-0.39, 0.29) is 30.1 Å². The fraction of sp³-hybridized carbons (Fsp3) is 0.278. The quantitative estimate of drug-likeness (QED) is 0.409. The Labute approximate surface area is 155 Å². The molecule has 0 aliphatic heterocycles. The van der Waals surface area contributed by atoms with Gasteiger partial charge in [0, 0.05) is 19.7 Å². The Morgan fingerprint density at radius 1 is 1.22 bits per heavy atom. The molecule has 0 aromatic heterocycles. The highest BCUT2D eigenvalue weighted by Crippen LogP contribution is 2.28. The van der Waals surface area contributed by atoms with Crippen molar-refractivity contribution < 1.29 is 24.7 Å². The third-order valence-electron chi connectivity index (χ3n) is 3.86. The Bertz CT molecular complexity index is 784. The molecule has 0 heterocycles. The summed E-state index contributed by atoms with van der Waals surface area (Å²) in [4.78, 5) is 22.2. The largest absolute Gasteiger partial charge is 0.445 e. The van der Waals surface area contributed by atoms with Gasteiger partial charge in [-0.2, -0.15) is 0 Å². The Balaban J connectivity index is 1.89. The molecule has 0 fully saturated rings. The van der Waals surface area contributed by atoms with Gasteiger partial charge in [0.25, 0.3) is 5.69 Å². The van der Waals surface area contributed by atoms with Crippen LogP contribution in [0.3, 0.4) is 0 Å². The van der Waals surface area contributed by atoms with Crippen LogP contribution >= 0.6 is 0 Å². The zero-order chi connectivity index (χ0) is 19.8. The molecule has 9 heteroatoms. The molecule has 4 N–H and O–H groups in total. The molecule has 0 aliphatic carbocycles. The lowest BCUT2D eigenvalue weighted by Gasteiger charge is -2.19. The summed E-state index contributed by atoms with van der Waals surface area (Å²) in [5.74, 6) is 0. The first-order valence-corrected chi connectivity index (χ1v) is 8.19. The van der Waals surface area contributed by atoms with Gasteiger partial charge in [0.2, 0.25) is 0 Å². The monoisotopic (exact) mass is 375 g/mol. The normalized spacial score (nSPS) is 12.7. The van der Waals surface area contributed by atoms with Crippen molar-refractivity contribution in [3.05, 3.63) is 69.8 Å². The minimum absolute atomic E-state index is 0.0724. The molecule has 2 atom stereocenters. The van der Waals surface area contributed by atoms with Gasteiger partial charge in [-0.1, -0.05) is 36.4 Å². The summed E-state index contributed by atoms with van der Waals surface area (Å²) in [7, 11) is 1.54. The second-order valence-corrected chi connectivity index (χ2v) is 5.74. The number of nitro benzene ring substituents is 1. The highest BCUT2D eigenvalue weighted by Gasteiger charge is 2.23. The third-order valence-corrected chi connectivity index (χ3v) is 3.86. The third kappa shape index (κ3) is 5.66. The standard InChI is InChI=1S/C18H21N3O6/c1-19-14-8-7-13(9-15(14)21(25)26)17(23)16(22)10-20-18(24)27-11-12-5-3-2-4-6-12/h2-9,16-17,19,22-23H,10-11H2,1H3,(H,20,24). The lowest BCUT2D eigenvalue weighted by Crippen LogP contribution is -2.35. The van der Waals surface area contributed by atoms with Crippen LogP contribution in [0.25, 0.3) is 0 Å². The van der Waals surface area contributed by atoms with Crippen LogP contribution in [0.5, 0.6) is 0 Å². The number of anilines is 1. The van der Waals surface area contributed by atoms with Crippen LogP contribution in [-0.4, -0.2) is 40.9 Å². The lowest BCUT2D eigenvalue weighted by atomic mass is 10.0. The molecule has 2 rings (SSSR count). The molecule has 0 saturated heterocycles. The minimum Gasteiger partial charge on any atom is -0.445 e. The van der Waals surface area contributed by atoms with E-state index in [0.29, 0.717) is 0 Å². The molecule has 0 spiro atoms. The van der Waals surface area contributed by atoms with Gasteiger partial charge in [0.15, 0.2) is 0 Å². The van der Waals surface area contributed by atoms with E-state index >= 15 is 0 Å². The molecule has 2 unspecified atom stereocenters. The van der Waals surface area contributed by atoms with E-state index in [1.165, 1.54) is 25.2 Å². The maximum Gasteiger partial charge on any atom is 0.407 e. The number of ether oxygens (including phenoxy) is 1. The topological polar surface area (TPSA) is 134 Å². The number of alkyl carbamates (subject to hydrolysis) is 1. The van der Waals surface area contributed by atoms with Crippen LogP contribution in [0.4, 0.5) is 16.2 Å². The van der Waals surface area contributed by atoms with Crippen molar-refractivity contribution in [3.8, 4) is 0 Å². The molecular weight excluding hydrogens is 354 g/mol. The number of aliphatic hydroxyl groups excluding tert-OH is 2. The zero-order valence-corrected chi connectivity index (χ0v) is 14.7. The van der Waals surface area contributed by atoms with Gasteiger partial charge < -0.3 is 25.6 Å². The van der Waals surface area contributed by atoms with Gasteiger partial charge in [0.1, 0.15) is 24.5 Å². The van der Waals surface area contributed by atoms with E-state index in [1.54, 1.807) is 12.1 Å². The number of carbonyl (C=O) groups is 1. The fourth-order valence-corrected chi connectivity index (χ4v) is 2.39. The molecular formula is C18H21N3O6. The number of hydrogen-bond acceptors (Lipinski definition) is 7. The summed E-state index contributed by atoms with van der Waals surface area (Å²) >= 11 is 0. The zero-order valence-electron chi connectivity index (χ0n) is 14.7. The van der Waals surface area contributed by atoms with Gasteiger partial charge in [0.05, 0.1) is 4.92 Å². The van der Waals surface area contributed by atoms with E-state index < -0.39 is 23.2 Å². The van der Waals surface area contributed by atoms with Gasteiger partial charge in [-0.25, -0.2) is 4.79 Å². The van der Waals surface area contributed by atoms with E-state index in [2.05, 4.69) is 10.6 Å². The molecule has 0 bridgehead atoms. The molecule has 0 saturated carbocycles. The van der Waals surface area contributed by atoms with Gasteiger partial charge >= 0.3 is 6.09 Å².